The second-order valence-corrected chi connectivity index (χ2v) is 8.58. The van der Waals surface area contributed by atoms with Crippen molar-refractivity contribution in [1.82, 2.24) is 10.2 Å². The molecule has 118 valence electrons. The van der Waals surface area contributed by atoms with Crippen molar-refractivity contribution < 1.29 is 4.79 Å². The summed E-state index contributed by atoms with van der Waals surface area (Å²) in [7, 11) is 0. The van der Waals surface area contributed by atoms with Crippen LogP contribution in [0.5, 0.6) is 0 Å². The van der Waals surface area contributed by atoms with Gasteiger partial charge in [0.15, 0.2) is 4.34 Å². The van der Waals surface area contributed by atoms with Crippen molar-refractivity contribution in [2.45, 2.75) is 42.7 Å². The van der Waals surface area contributed by atoms with Crippen LogP contribution in [0.4, 0.5) is 10.8 Å². The lowest BCUT2D eigenvalue weighted by Gasteiger charge is -2.19. The third-order valence-corrected chi connectivity index (χ3v) is 5.02. The summed E-state index contributed by atoms with van der Waals surface area (Å²) in [6.07, 6.45) is 0. The number of nitrogens with one attached hydrogen (secondary N) is 1. The molecule has 5 nitrogen and oxygen atoms in total. The minimum Gasteiger partial charge on any atom is -0.374 e. The maximum atomic E-state index is 12.2. The zero-order chi connectivity index (χ0) is 16.3. The molecule has 1 aromatic carbocycles. The highest BCUT2D eigenvalue weighted by molar-refractivity contribution is 8.02. The van der Waals surface area contributed by atoms with Gasteiger partial charge in [-0.05, 0) is 30.0 Å². The molecule has 1 heterocycles. The highest BCUT2D eigenvalue weighted by Crippen LogP contribution is 2.28. The summed E-state index contributed by atoms with van der Waals surface area (Å²) < 4.78 is 0.697. The lowest BCUT2D eigenvalue weighted by atomic mass is 9.87. The van der Waals surface area contributed by atoms with Gasteiger partial charge >= 0.3 is 0 Å². The largest absolute Gasteiger partial charge is 0.374 e. The number of anilines is 2. The molecule has 0 aliphatic rings. The van der Waals surface area contributed by atoms with Gasteiger partial charge in [0.1, 0.15) is 0 Å². The van der Waals surface area contributed by atoms with Crippen LogP contribution in [0.3, 0.4) is 0 Å². The summed E-state index contributed by atoms with van der Waals surface area (Å²) >= 11 is 2.64. The van der Waals surface area contributed by atoms with Crippen molar-refractivity contribution in [2.24, 2.45) is 0 Å². The van der Waals surface area contributed by atoms with E-state index >= 15 is 0 Å². The van der Waals surface area contributed by atoms with Crippen molar-refractivity contribution in [3.63, 3.8) is 0 Å². The summed E-state index contributed by atoms with van der Waals surface area (Å²) in [5, 5.41) is 10.7. The van der Waals surface area contributed by atoms with Crippen molar-refractivity contribution in [2.75, 3.05) is 11.1 Å². The lowest BCUT2D eigenvalue weighted by Crippen LogP contribution is -2.22. The van der Waals surface area contributed by atoms with Crippen LogP contribution in [0.15, 0.2) is 28.6 Å². The molecule has 7 heteroatoms. The molecule has 1 atom stereocenters. The number of amides is 1. The van der Waals surface area contributed by atoms with Crippen LogP contribution in [0.2, 0.25) is 0 Å². The Hall–Kier alpha value is -1.60. The third kappa shape index (κ3) is 4.45. The van der Waals surface area contributed by atoms with E-state index in [1.54, 1.807) is 0 Å². The maximum Gasteiger partial charge on any atom is 0.237 e. The van der Waals surface area contributed by atoms with Gasteiger partial charge in [-0.25, -0.2) is 0 Å². The molecule has 3 N–H and O–H groups in total. The van der Waals surface area contributed by atoms with E-state index < -0.39 is 0 Å². The molecule has 0 aliphatic heterocycles. The molecule has 0 spiro atoms. The Kier molecular flexibility index (Phi) is 5.08. The number of carbonyl (C=O) groups is 1. The number of hydrogen-bond donors (Lipinski definition) is 2. The minimum absolute atomic E-state index is 0.0673. The molecule has 1 aromatic heterocycles. The fourth-order valence-electron chi connectivity index (χ4n) is 1.77. The molecule has 0 radical (unpaired) electrons. The van der Waals surface area contributed by atoms with E-state index in [-0.39, 0.29) is 16.6 Å². The van der Waals surface area contributed by atoms with Crippen LogP contribution in [0, 0.1) is 0 Å². The monoisotopic (exact) mass is 336 g/mol. The van der Waals surface area contributed by atoms with Crippen LogP contribution in [0.1, 0.15) is 33.3 Å². The van der Waals surface area contributed by atoms with Gasteiger partial charge in [-0.2, -0.15) is 0 Å². The summed E-state index contributed by atoms with van der Waals surface area (Å²) in [4.78, 5) is 12.2. The van der Waals surface area contributed by atoms with E-state index in [9.17, 15) is 4.79 Å². The normalized spacial score (nSPS) is 12.9. The second-order valence-electron chi connectivity index (χ2n) is 5.98. The lowest BCUT2D eigenvalue weighted by molar-refractivity contribution is -0.115. The van der Waals surface area contributed by atoms with Gasteiger partial charge in [-0.1, -0.05) is 56.0 Å². The van der Waals surface area contributed by atoms with E-state index in [2.05, 4.69) is 36.3 Å². The number of rotatable bonds is 4. The highest BCUT2D eigenvalue weighted by atomic mass is 32.2. The van der Waals surface area contributed by atoms with Gasteiger partial charge in [0.25, 0.3) is 0 Å². The van der Waals surface area contributed by atoms with E-state index in [0.717, 1.165) is 5.69 Å². The predicted octanol–water partition coefficient (Wildman–Crippen LogP) is 3.54. The number of carbonyl (C=O) groups excluding carboxylic acids is 1. The SMILES string of the molecule is C[C@@H](Sc1nnc(N)s1)C(=O)Nc1ccc(C(C)(C)C)cc1. The Labute approximate surface area is 138 Å². The Balaban J connectivity index is 1.96. The standard InChI is InChI=1S/C15H20N4OS2/c1-9(21-14-19-18-13(16)22-14)12(20)17-11-7-5-10(6-8-11)15(2,3)4/h5-9H,1-4H3,(H2,16,18)(H,17,20)/t9-/m1/s1. The fourth-order valence-corrected chi connectivity index (χ4v) is 3.55. The molecule has 0 aliphatic carbocycles. The Morgan fingerprint density at radius 2 is 1.91 bits per heavy atom. The average Bonchev–Trinajstić information content (AvgIpc) is 2.83. The van der Waals surface area contributed by atoms with E-state index in [0.29, 0.717) is 9.47 Å². The number of nitrogens with zero attached hydrogens (tertiary/aromatic N) is 2. The molecule has 2 aromatic rings. The van der Waals surface area contributed by atoms with Crippen LogP contribution in [-0.4, -0.2) is 21.4 Å². The number of benzene rings is 1. The second kappa shape index (κ2) is 6.66. The summed E-state index contributed by atoms with van der Waals surface area (Å²) in [6.45, 7) is 8.31. The molecule has 0 bridgehead atoms. The van der Waals surface area contributed by atoms with Crippen molar-refractivity contribution >= 4 is 39.8 Å². The Morgan fingerprint density at radius 1 is 1.27 bits per heavy atom. The first-order chi connectivity index (χ1) is 10.3. The molecule has 0 fully saturated rings. The minimum atomic E-state index is -0.269. The quantitative estimate of drug-likeness (QED) is 0.835. The van der Waals surface area contributed by atoms with Gasteiger partial charge in [-0.15, -0.1) is 10.2 Å². The van der Waals surface area contributed by atoms with E-state index in [4.69, 9.17) is 5.73 Å². The van der Waals surface area contributed by atoms with Gasteiger partial charge in [-0.3, -0.25) is 4.79 Å². The van der Waals surface area contributed by atoms with Crippen LogP contribution in [-0.2, 0) is 10.2 Å². The van der Waals surface area contributed by atoms with Gasteiger partial charge < -0.3 is 11.1 Å². The highest BCUT2D eigenvalue weighted by Gasteiger charge is 2.18. The van der Waals surface area contributed by atoms with Crippen LogP contribution >= 0.6 is 23.1 Å². The van der Waals surface area contributed by atoms with Crippen LogP contribution in [0.25, 0.3) is 0 Å². The van der Waals surface area contributed by atoms with E-state index in [1.807, 2.05) is 31.2 Å². The first-order valence-electron chi connectivity index (χ1n) is 6.93. The van der Waals surface area contributed by atoms with Crippen LogP contribution < -0.4 is 11.1 Å². The first kappa shape index (κ1) is 16.8. The molecule has 0 saturated carbocycles. The van der Waals surface area contributed by atoms with E-state index in [1.165, 1.54) is 28.7 Å². The van der Waals surface area contributed by atoms with Crippen molar-refractivity contribution in [3.05, 3.63) is 29.8 Å². The molecular formula is C15H20N4OS2. The number of thioether (sulfide) groups is 1. The van der Waals surface area contributed by atoms with Crippen molar-refractivity contribution in [3.8, 4) is 0 Å². The summed E-state index contributed by atoms with van der Waals surface area (Å²) in [5.74, 6) is -0.0673. The van der Waals surface area contributed by atoms with Crippen molar-refractivity contribution in [1.29, 1.82) is 0 Å². The summed E-state index contributed by atoms with van der Waals surface area (Å²) in [5.41, 5.74) is 7.66. The van der Waals surface area contributed by atoms with Gasteiger partial charge in [0.2, 0.25) is 11.0 Å². The number of nitrogen functional groups attached to an aromatic ring is 1. The molecule has 22 heavy (non-hydrogen) atoms. The van der Waals surface area contributed by atoms with Gasteiger partial charge in [0.05, 0.1) is 5.25 Å². The molecule has 0 saturated heterocycles. The molecular weight excluding hydrogens is 316 g/mol. The first-order valence-corrected chi connectivity index (χ1v) is 8.62. The maximum absolute atomic E-state index is 12.2. The fraction of sp³-hybridized carbons (Fsp3) is 0.400. The molecule has 1 amide bonds. The van der Waals surface area contributed by atoms with Gasteiger partial charge in [0, 0.05) is 5.69 Å². The Bertz CT molecular complexity index is 646. The number of nitrogens with two attached hydrogens (primary N) is 1. The smallest absolute Gasteiger partial charge is 0.237 e. The third-order valence-electron chi connectivity index (χ3n) is 3.09. The average molecular weight is 336 g/mol. The number of aromatic nitrogens is 2. The zero-order valence-corrected chi connectivity index (χ0v) is 14.7. The number of hydrogen-bond acceptors (Lipinski definition) is 6. The molecule has 0 unspecified atom stereocenters. The topological polar surface area (TPSA) is 80.9 Å². The predicted molar refractivity (Wildman–Crippen MR) is 93.4 cm³/mol. The summed E-state index contributed by atoms with van der Waals surface area (Å²) in [6, 6.07) is 7.94. The zero-order valence-electron chi connectivity index (χ0n) is 13.1. The Morgan fingerprint density at radius 3 is 2.41 bits per heavy atom. The molecule has 2 rings (SSSR count).